The standard InChI is InChI=1S/C20H28N4O3/c1-14(2)12-23-10-8-20(9-11-23)18(26)24(19(27)22-20)13-17(25)21-16-6-4-15(3)5-7-16/h4-7,14H,8-13H2,1-3H3,(H,21,25)(H,22,27). The van der Waals surface area contributed by atoms with Crippen molar-refractivity contribution in [3.63, 3.8) is 0 Å². The van der Waals surface area contributed by atoms with E-state index >= 15 is 0 Å². The second kappa shape index (κ2) is 7.68. The molecular weight excluding hydrogens is 344 g/mol. The molecular formula is C20H28N4O3. The molecule has 4 amide bonds. The Balaban J connectivity index is 1.59. The quantitative estimate of drug-likeness (QED) is 0.775. The molecule has 1 aromatic carbocycles. The predicted molar refractivity (Wildman–Crippen MR) is 103 cm³/mol. The van der Waals surface area contributed by atoms with E-state index in [1.54, 1.807) is 12.1 Å². The van der Waals surface area contributed by atoms with Crippen molar-refractivity contribution in [3.8, 4) is 0 Å². The van der Waals surface area contributed by atoms with Crippen molar-refractivity contribution < 1.29 is 14.4 Å². The van der Waals surface area contributed by atoms with Crippen LogP contribution in [-0.2, 0) is 9.59 Å². The van der Waals surface area contributed by atoms with Crippen LogP contribution in [-0.4, -0.2) is 59.4 Å². The molecule has 0 unspecified atom stereocenters. The zero-order chi connectivity index (χ0) is 19.6. The first-order valence-corrected chi connectivity index (χ1v) is 9.52. The van der Waals surface area contributed by atoms with E-state index < -0.39 is 11.6 Å². The molecule has 0 aliphatic carbocycles. The Morgan fingerprint density at radius 1 is 1.19 bits per heavy atom. The van der Waals surface area contributed by atoms with Gasteiger partial charge in [0.05, 0.1) is 0 Å². The first-order chi connectivity index (χ1) is 12.8. The summed E-state index contributed by atoms with van der Waals surface area (Å²) in [4.78, 5) is 40.9. The fourth-order valence-corrected chi connectivity index (χ4v) is 3.77. The van der Waals surface area contributed by atoms with Crippen LogP contribution < -0.4 is 10.6 Å². The summed E-state index contributed by atoms with van der Waals surface area (Å²) in [5, 5.41) is 5.59. The van der Waals surface area contributed by atoms with Crippen LogP contribution >= 0.6 is 0 Å². The number of nitrogens with zero attached hydrogens (tertiary/aromatic N) is 2. The van der Waals surface area contributed by atoms with Crippen molar-refractivity contribution >= 4 is 23.5 Å². The monoisotopic (exact) mass is 372 g/mol. The third-order valence-corrected chi connectivity index (χ3v) is 5.22. The van der Waals surface area contributed by atoms with Gasteiger partial charge >= 0.3 is 6.03 Å². The Labute approximate surface area is 160 Å². The Morgan fingerprint density at radius 2 is 1.81 bits per heavy atom. The molecule has 2 saturated heterocycles. The lowest BCUT2D eigenvalue weighted by Gasteiger charge is -2.37. The summed E-state index contributed by atoms with van der Waals surface area (Å²) in [6.45, 7) is 8.56. The number of anilines is 1. The van der Waals surface area contributed by atoms with Gasteiger partial charge in [0, 0.05) is 25.3 Å². The molecule has 27 heavy (non-hydrogen) atoms. The van der Waals surface area contributed by atoms with Gasteiger partial charge in [-0.15, -0.1) is 0 Å². The van der Waals surface area contributed by atoms with Crippen LogP contribution in [0.3, 0.4) is 0 Å². The predicted octanol–water partition coefficient (Wildman–Crippen LogP) is 1.98. The number of urea groups is 1. The maximum Gasteiger partial charge on any atom is 0.325 e. The van der Waals surface area contributed by atoms with Gasteiger partial charge < -0.3 is 15.5 Å². The van der Waals surface area contributed by atoms with Gasteiger partial charge in [-0.05, 0) is 37.8 Å². The molecule has 2 N–H and O–H groups in total. The van der Waals surface area contributed by atoms with Crippen molar-refractivity contribution in [2.24, 2.45) is 5.92 Å². The Kier molecular flexibility index (Phi) is 5.51. The van der Waals surface area contributed by atoms with E-state index in [-0.39, 0.29) is 18.4 Å². The maximum atomic E-state index is 12.9. The van der Waals surface area contributed by atoms with E-state index in [4.69, 9.17) is 0 Å². The van der Waals surface area contributed by atoms with Gasteiger partial charge in [0.15, 0.2) is 0 Å². The summed E-state index contributed by atoms with van der Waals surface area (Å²) in [5.74, 6) is -0.0951. The number of hydrogen-bond acceptors (Lipinski definition) is 4. The second-order valence-electron chi connectivity index (χ2n) is 8.01. The molecule has 2 heterocycles. The van der Waals surface area contributed by atoms with E-state index in [0.29, 0.717) is 24.4 Å². The van der Waals surface area contributed by atoms with Crippen molar-refractivity contribution in [2.45, 2.75) is 39.2 Å². The van der Waals surface area contributed by atoms with Crippen molar-refractivity contribution in [2.75, 3.05) is 31.5 Å². The molecule has 1 spiro atoms. The molecule has 7 nitrogen and oxygen atoms in total. The highest BCUT2D eigenvalue weighted by atomic mass is 16.2. The lowest BCUT2D eigenvalue weighted by Crippen LogP contribution is -2.55. The topological polar surface area (TPSA) is 81.8 Å². The maximum absolute atomic E-state index is 12.9. The number of carbonyl (C=O) groups is 3. The summed E-state index contributed by atoms with van der Waals surface area (Å²) in [7, 11) is 0. The zero-order valence-electron chi connectivity index (χ0n) is 16.2. The van der Waals surface area contributed by atoms with Gasteiger partial charge in [-0.1, -0.05) is 31.5 Å². The Morgan fingerprint density at radius 3 is 2.41 bits per heavy atom. The van der Waals surface area contributed by atoms with E-state index in [2.05, 4.69) is 29.4 Å². The summed E-state index contributed by atoms with van der Waals surface area (Å²) in [5.41, 5.74) is 0.886. The van der Waals surface area contributed by atoms with Gasteiger partial charge in [-0.25, -0.2) is 4.79 Å². The number of rotatable bonds is 5. The number of nitrogens with one attached hydrogen (secondary N) is 2. The highest BCUT2D eigenvalue weighted by Gasteiger charge is 2.52. The molecule has 0 aromatic heterocycles. The number of benzene rings is 1. The second-order valence-corrected chi connectivity index (χ2v) is 8.01. The summed E-state index contributed by atoms with van der Waals surface area (Å²) in [6.07, 6.45) is 1.17. The van der Waals surface area contributed by atoms with Crippen molar-refractivity contribution in [1.82, 2.24) is 15.1 Å². The Bertz CT molecular complexity index is 721. The molecule has 146 valence electrons. The third-order valence-electron chi connectivity index (χ3n) is 5.22. The van der Waals surface area contributed by atoms with Crippen LogP contribution in [0.15, 0.2) is 24.3 Å². The van der Waals surface area contributed by atoms with Crippen LogP contribution in [0.5, 0.6) is 0 Å². The molecule has 0 atom stereocenters. The van der Waals surface area contributed by atoms with Gasteiger partial charge in [0.1, 0.15) is 12.1 Å². The first kappa shape index (κ1) is 19.4. The molecule has 3 rings (SSSR count). The first-order valence-electron chi connectivity index (χ1n) is 9.52. The minimum absolute atomic E-state index is 0.268. The Hall–Kier alpha value is -2.41. The highest BCUT2D eigenvalue weighted by Crippen LogP contribution is 2.29. The average Bonchev–Trinajstić information content (AvgIpc) is 2.83. The molecule has 1 aromatic rings. The van der Waals surface area contributed by atoms with Gasteiger partial charge in [0.2, 0.25) is 5.91 Å². The molecule has 0 saturated carbocycles. The molecule has 2 aliphatic heterocycles. The highest BCUT2D eigenvalue weighted by molar-refractivity contribution is 6.10. The van der Waals surface area contributed by atoms with Crippen LogP contribution in [0.4, 0.5) is 10.5 Å². The average molecular weight is 372 g/mol. The zero-order valence-corrected chi connectivity index (χ0v) is 16.2. The molecule has 2 aliphatic rings. The number of aryl methyl sites for hydroxylation is 1. The van der Waals surface area contributed by atoms with Gasteiger partial charge in [0.25, 0.3) is 5.91 Å². The molecule has 0 radical (unpaired) electrons. The summed E-state index contributed by atoms with van der Waals surface area (Å²) in [6, 6.07) is 6.90. The van der Waals surface area contributed by atoms with E-state index in [1.807, 2.05) is 19.1 Å². The third kappa shape index (κ3) is 4.30. The number of likely N-dealkylation sites (tertiary alicyclic amines) is 1. The largest absolute Gasteiger partial charge is 0.325 e. The van der Waals surface area contributed by atoms with Crippen LogP contribution in [0.25, 0.3) is 0 Å². The van der Waals surface area contributed by atoms with E-state index in [9.17, 15) is 14.4 Å². The molecule has 2 fully saturated rings. The normalized spacial score (nSPS) is 19.6. The lowest BCUT2D eigenvalue weighted by atomic mass is 9.87. The minimum Gasteiger partial charge on any atom is -0.325 e. The van der Waals surface area contributed by atoms with Crippen LogP contribution in [0.1, 0.15) is 32.3 Å². The SMILES string of the molecule is Cc1ccc(NC(=O)CN2C(=O)NC3(CCN(CC(C)C)CC3)C2=O)cc1. The van der Waals surface area contributed by atoms with E-state index in [1.165, 1.54) is 0 Å². The van der Waals surface area contributed by atoms with Gasteiger partial charge in [-0.2, -0.15) is 0 Å². The number of imide groups is 1. The summed E-state index contributed by atoms with van der Waals surface area (Å²) < 4.78 is 0. The molecule has 7 heteroatoms. The number of amides is 4. The van der Waals surface area contributed by atoms with Crippen LogP contribution in [0, 0.1) is 12.8 Å². The fraction of sp³-hybridized carbons (Fsp3) is 0.550. The van der Waals surface area contributed by atoms with E-state index in [0.717, 1.165) is 30.1 Å². The van der Waals surface area contributed by atoms with Crippen LogP contribution in [0.2, 0.25) is 0 Å². The number of hydrogen-bond donors (Lipinski definition) is 2. The summed E-state index contributed by atoms with van der Waals surface area (Å²) >= 11 is 0. The lowest BCUT2D eigenvalue weighted by molar-refractivity contribution is -0.135. The smallest absolute Gasteiger partial charge is 0.325 e. The minimum atomic E-state index is -0.852. The molecule has 0 bridgehead atoms. The fourth-order valence-electron chi connectivity index (χ4n) is 3.77. The number of piperidine rings is 1. The number of carbonyl (C=O) groups excluding carboxylic acids is 3. The van der Waals surface area contributed by atoms with Crippen molar-refractivity contribution in [3.05, 3.63) is 29.8 Å². The van der Waals surface area contributed by atoms with Crippen molar-refractivity contribution in [1.29, 1.82) is 0 Å². The van der Waals surface area contributed by atoms with Gasteiger partial charge in [-0.3, -0.25) is 14.5 Å².